The van der Waals surface area contributed by atoms with Crippen LogP contribution in [0.4, 0.5) is 0 Å². The smallest absolute Gasteiger partial charge is 0.128 e. The van der Waals surface area contributed by atoms with E-state index in [1.54, 1.807) is 18.5 Å². The van der Waals surface area contributed by atoms with Crippen molar-refractivity contribution in [1.82, 2.24) is 4.98 Å². The van der Waals surface area contributed by atoms with Gasteiger partial charge in [-0.15, -0.1) is 0 Å². The zero-order valence-corrected chi connectivity index (χ0v) is 8.84. The van der Waals surface area contributed by atoms with Gasteiger partial charge in [0, 0.05) is 18.0 Å². The van der Waals surface area contributed by atoms with Gasteiger partial charge in [0.1, 0.15) is 12.4 Å². The Bertz CT molecular complexity index is 443. The van der Waals surface area contributed by atoms with Gasteiger partial charge in [-0.1, -0.05) is 30.3 Å². The van der Waals surface area contributed by atoms with E-state index >= 15 is 0 Å². The van der Waals surface area contributed by atoms with E-state index in [4.69, 9.17) is 9.84 Å². The second-order valence-electron chi connectivity index (χ2n) is 3.42. The van der Waals surface area contributed by atoms with E-state index in [1.165, 1.54) is 0 Å². The van der Waals surface area contributed by atoms with Crippen molar-refractivity contribution < 1.29 is 9.84 Å². The number of aromatic nitrogens is 1. The van der Waals surface area contributed by atoms with Gasteiger partial charge in [0.25, 0.3) is 0 Å². The van der Waals surface area contributed by atoms with Crippen LogP contribution in [0.2, 0.25) is 0 Å². The van der Waals surface area contributed by atoms with Crippen molar-refractivity contribution in [3.63, 3.8) is 0 Å². The van der Waals surface area contributed by atoms with E-state index in [-0.39, 0.29) is 6.61 Å². The number of nitrogens with zero attached hydrogens (tertiary/aromatic N) is 1. The highest BCUT2D eigenvalue weighted by Gasteiger charge is 2.02. The minimum Gasteiger partial charge on any atom is -0.488 e. The molecule has 0 radical (unpaired) electrons. The molecule has 2 aromatic rings. The molecule has 0 fully saturated rings. The Morgan fingerprint density at radius 2 is 1.94 bits per heavy atom. The first-order chi connectivity index (χ1) is 7.90. The summed E-state index contributed by atoms with van der Waals surface area (Å²) in [6, 6.07) is 11.7. The molecule has 0 amide bonds. The Hall–Kier alpha value is -1.87. The highest BCUT2D eigenvalue weighted by Crippen LogP contribution is 2.17. The first-order valence-electron chi connectivity index (χ1n) is 5.10. The van der Waals surface area contributed by atoms with Gasteiger partial charge in [0.15, 0.2) is 0 Å². The minimum absolute atomic E-state index is 0.0576. The van der Waals surface area contributed by atoms with Crippen LogP contribution in [0.1, 0.15) is 11.1 Å². The molecule has 0 unspecified atom stereocenters. The molecule has 1 N–H and O–H groups in total. The standard InChI is InChI=1S/C13H13NO2/c15-9-12-8-14-7-6-13(12)16-10-11-4-2-1-3-5-11/h1-8,15H,9-10H2. The van der Waals surface area contributed by atoms with Crippen LogP contribution >= 0.6 is 0 Å². The fraction of sp³-hybridized carbons (Fsp3) is 0.154. The lowest BCUT2D eigenvalue weighted by Gasteiger charge is -2.09. The van der Waals surface area contributed by atoms with Gasteiger partial charge in [0.05, 0.1) is 6.61 Å². The zero-order chi connectivity index (χ0) is 11.2. The number of hydrogen-bond donors (Lipinski definition) is 1. The summed E-state index contributed by atoms with van der Waals surface area (Å²) in [7, 11) is 0. The molecule has 1 aromatic carbocycles. The van der Waals surface area contributed by atoms with Crippen molar-refractivity contribution in [2.75, 3.05) is 0 Å². The van der Waals surface area contributed by atoms with Gasteiger partial charge in [-0.2, -0.15) is 0 Å². The largest absolute Gasteiger partial charge is 0.488 e. The molecule has 0 saturated heterocycles. The van der Waals surface area contributed by atoms with Crippen LogP contribution < -0.4 is 4.74 Å². The maximum Gasteiger partial charge on any atom is 0.128 e. The fourth-order valence-corrected chi connectivity index (χ4v) is 1.41. The van der Waals surface area contributed by atoms with Crippen molar-refractivity contribution >= 4 is 0 Å². The topological polar surface area (TPSA) is 42.4 Å². The van der Waals surface area contributed by atoms with Crippen molar-refractivity contribution in [3.8, 4) is 5.75 Å². The second kappa shape index (κ2) is 5.28. The van der Waals surface area contributed by atoms with Crippen LogP contribution in [0, 0.1) is 0 Å². The third kappa shape index (κ3) is 2.58. The SMILES string of the molecule is OCc1cnccc1OCc1ccccc1. The average molecular weight is 215 g/mol. The highest BCUT2D eigenvalue weighted by molar-refractivity contribution is 5.29. The molecule has 0 aliphatic rings. The number of aliphatic hydroxyl groups excluding tert-OH is 1. The van der Waals surface area contributed by atoms with Gasteiger partial charge in [-0.05, 0) is 11.6 Å². The van der Waals surface area contributed by atoms with Crippen LogP contribution in [0.3, 0.4) is 0 Å². The number of benzene rings is 1. The summed E-state index contributed by atoms with van der Waals surface area (Å²) in [6.45, 7) is 0.440. The molecule has 82 valence electrons. The molecule has 3 heteroatoms. The lowest BCUT2D eigenvalue weighted by atomic mass is 10.2. The zero-order valence-electron chi connectivity index (χ0n) is 8.84. The summed E-state index contributed by atoms with van der Waals surface area (Å²) in [5, 5.41) is 9.10. The predicted octanol–water partition coefficient (Wildman–Crippen LogP) is 2.15. The van der Waals surface area contributed by atoms with Gasteiger partial charge >= 0.3 is 0 Å². The van der Waals surface area contributed by atoms with Crippen LogP contribution in [0.15, 0.2) is 48.8 Å². The van der Waals surface area contributed by atoms with Crippen LogP contribution in [0.5, 0.6) is 5.75 Å². The molecular weight excluding hydrogens is 202 g/mol. The van der Waals surface area contributed by atoms with Gasteiger partial charge < -0.3 is 9.84 Å². The Labute approximate surface area is 94.3 Å². The van der Waals surface area contributed by atoms with E-state index in [9.17, 15) is 0 Å². The Balaban J connectivity index is 2.05. The van der Waals surface area contributed by atoms with Crippen molar-refractivity contribution in [2.45, 2.75) is 13.2 Å². The van der Waals surface area contributed by atoms with Crippen molar-refractivity contribution in [2.24, 2.45) is 0 Å². The quantitative estimate of drug-likeness (QED) is 0.849. The summed E-state index contributed by atoms with van der Waals surface area (Å²) in [5.74, 6) is 0.682. The van der Waals surface area contributed by atoms with E-state index in [2.05, 4.69) is 4.98 Å². The number of aliphatic hydroxyl groups is 1. The van der Waals surface area contributed by atoms with E-state index in [0.717, 1.165) is 5.56 Å². The average Bonchev–Trinajstić information content (AvgIpc) is 2.38. The normalized spacial score (nSPS) is 10.1. The molecule has 0 saturated carbocycles. The molecule has 1 aromatic heterocycles. The number of rotatable bonds is 4. The van der Waals surface area contributed by atoms with Gasteiger partial charge in [-0.25, -0.2) is 0 Å². The van der Waals surface area contributed by atoms with E-state index in [0.29, 0.717) is 17.9 Å². The summed E-state index contributed by atoms with van der Waals surface area (Å²) in [6.07, 6.45) is 3.26. The minimum atomic E-state index is -0.0576. The van der Waals surface area contributed by atoms with E-state index in [1.807, 2.05) is 30.3 Å². The summed E-state index contributed by atoms with van der Waals surface area (Å²) in [5.41, 5.74) is 1.81. The lowest BCUT2D eigenvalue weighted by Crippen LogP contribution is -1.98. The monoisotopic (exact) mass is 215 g/mol. The molecule has 0 atom stereocenters. The maximum absolute atomic E-state index is 9.10. The Kier molecular flexibility index (Phi) is 3.51. The molecule has 0 spiro atoms. The third-order valence-electron chi connectivity index (χ3n) is 2.27. The highest BCUT2D eigenvalue weighted by atomic mass is 16.5. The fourth-order valence-electron chi connectivity index (χ4n) is 1.41. The summed E-state index contributed by atoms with van der Waals surface area (Å²) in [4.78, 5) is 3.93. The van der Waals surface area contributed by atoms with Crippen LogP contribution in [0.25, 0.3) is 0 Å². The first-order valence-corrected chi connectivity index (χ1v) is 5.10. The molecule has 0 bridgehead atoms. The molecular formula is C13H13NO2. The lowest BCUT2D eigenvalue weighted by molar-refractivity contribution is 0.258. The van der Waals surface area contributed by atoms with Gasteiger partial charge in [-0.3, -0.25) is 4.98 Å². The number of pyridine rings is 1. The molecule has 0 aliphatic heterocycles. The van der Waals surface area contributed by atoms with Crippen molar-refractivity contribution in [1.29, 1.82) is 0 Å². The summed E-state index contributed by atoms with van der Waals surface area (Å²) < 4.78 is 5.61. The van der Waals surface area contributed by atoms with E-state index < -0.39 is 0 Å². The molecule has 2 rings (SSSR count). The molecule has 16 heavy (non-hydrogen) atoms. The Morgan fingerprint density at radius 3 is 2.69 bits per heavy atom. The Morgan fingerprint density at radius 1 is 1.12 bits per heavy atom. The molecule has 0 aliphatic carbocycles. The number of hydrogen-bond acceptors (Lipinski definition) is 3. The third-order valence-corrected chi connectivity index (χ3v) is 2.27. The van der Waals surface area contributed by atoms with Crippen LogP contribution in [-0.4, -0.2) is 10.1 Å². The van der Waals surface area contributed by atoms with Gasteiger partial charge in [0.2, 0.25) is 0 Å². The first kappa shape index (κ1) is 10.6. The molecule has 1 heterocycles. The number of ether oxygens (including phenoxy) is 1. The predicted molar refractivity (Wildman–Crippen MR) is 60.9 cm³/mol. The maximum atomic E-state index is 9.10. The van der Waals surface area contributed by atoms with Crippen molar-refractivity contribution in [3.05, 3.63) is 59.9 Å². The summed E-state index contributed by atoms with van der Waals surface area (Å²) >= 11 is 0. The molecule has 3 nitrogen and oxygen atoms in total. The van der Waals surface area contributed by atoms with Crippen LogP contribution in [-0.2, 0) is 13.2 Å². The second-order valence-corrected chi connectivity index (χ2v) is 3.42.